The van der Waals surface area contributed by atoms with Crippen LogP contribution in [0.15, 0.2) is 47.5 Å². The molecule has 0 atom stereocenters. The van der Waals surface area contributed by atoms with Crippen LogP contribution >= 0.6 is 0 Å². The van der Waals surface area contributed by atoms with E-state index in [0.717, 1.165) is 9.87 Å². The molecule has 0 bridgehead atoms. The fourth-order valence-corrected chi connectivity index (χ4v) is 3.04. The first-order chi connectivity index (χ1) is 9.95. The second-order valence-electron chi connectivity index (χ2n) is 4.39. The summed E-state index contributed by atoms with van der Waals surface area (Å²) >= 11 is 0. The molecule has 1 aromatic heterocycles. The van der Waals surface area contributed by atoms with Crippen molar-refractivity contribution in [3.63, 3.8) is 0 Å². The van der Waals surface area contributed by atoms with Gasteiger partial charge in [-0.15, -0.1) is 0 Å². The summed E-state index contributed by atoms with van der Waals surface area (Å²) in [6.45, 7) is 0.127. The number of pyridine rings is 1. The van der Waals surface area contributed by atoms with E-state index in [2.05, 4.69) is 4.98 Å². The van der Waals surface area contributed by atoms with Gasteiger partial charge in [-0.1, -0.05) is 12.1 Å². The van der Waals surface area contributed by atoms with Gasteiger partial charge in [0.15, 0.2) is 5.69 Å². The lowest BCUT2D eigenvalue weighted by Crippen LogP contribution is -2.27. The van der Waals surface area contributed by atoms with E-state index in [1.807, 2.05) is 0 Å². The Morgan fingerprint density at radius 2 is 1.95 bits per heavy atom. The van der Waals surface area contributed by atoms with E-state index in [0.29, 0.717) is 0 Å². The number of hydrogen-bond acceptors (Lipinski definition) is 5. The van der Waals surface area contributed by atoms with Gasteiger partial charge < -0.3 is 5.11 Å². The lowest BCUT2D eigenvalue weighted by Gasteiger charge is -2.17. The van der Waals surface area contributed by atoms with Crippen LogP contribution in [0.1, 0.15) is 11.3 Å². The molecule has 6 nitrogen and oxygen atoms in total. The minimum Gasteiger partial charge on any atom is -0.508 e. The number of nitrogens with zero attached hydrogens (tertiary/aromatic N) is 3. The molecule has 0 fully saturated rings. The van der Waals surface area contributed by atoms with Crippen molar-refractivity contribution in [1.29, 1.82) is 5.26 Å². The molecule has 1 N–H and O–H groups in total. The Bertz CT molecular complexity index is 780. The van der Waals surface area contributed by atoms with Gasteiger partial charge in [-0.25, -0.2) is 13.4 Å². The van der Waals surface area contributed by atoms with E-state index in [1.165, 1.54) is 37.5 Å². The highest BCUT2D eigenvalue weighted by Gasteiger charge is 2.24. The molecular weight excluding hydrogens is 290 g/mol. The lowest BCUT2D eigenvalue weighted by atomic mass is 10.2. The summed E-state index contributed by atoms with van der Waals surface area (Å²) in [6, 6.07) is 10.9. The molecule has 0 aliphatic rings. The fraction of sp³-hybridized carbons (Fsp3) is 0.143. The van der Waals surface area contributed by atoms with Crippen molar-refractivity contribution in [2.45, 2.75) is 11.4 Å². The predicted octanol–water partition coefficient (Wildman–Crippen LogP) is 1.48. The highest BCUT2D eigenvalue weighted by atomic mass is 32.2. The quantitative estimate of drug-likeness (QED) is 0.923. The van der Waals surface area contributed by atoms with Gasteiger partial charge in [0.05, 0.1) is 0 Å². The second kappa shape index (κ2) is 5.91. The molecule has 1 heterocycles. The third-order valence-electron chi connectivity index (χ3n) is 2.91. The average Bonchev–Trinajstić information content (AvgIpc) is 2.49. The highest BCUT2D eigenvalue weighted by molar-refractivity contribution is 7.89. The molecule has 7 heteroatoms. The van der Waals surface area contributed by atoms with Gasteiger partial charge >= 0.3 is 0 Å². The first-order valence-corrected chi connectivity index (χ1v) is 7.48. The Morgan fingerprint density at radius 1 is 1.29 bits per heavy atom. The maximum atomic E-state index is 12.5. The number of aromatic hydroxyl groups is 1. The van der Waals surface area contributed by atoms with Gasteiger partial charge in [-0.2, -0.15) is 9.57 Å². The van der Waals surface area contributed by atoms with Crippen LogP contribution in [-0.4, -0.2) is 29.9 Å². The predicted molar refractivity (Wildman–Crippen MR) is 75.7 cm³/mol. The van der Waals surface area contributed by atoms with Gasteiger partial charge in [-0.05, 0) is 29.8 Å². The molecule has 0 spiro atoms. The lowest BCUT2D eigenvalue weighted by molar-refractivity contribution is 0.463. The van der Waals surface area contributed by atoms with Crippen LogP contribution in [0, 0.1) is 11.3 Å². The van der Waals surface area contributed by atoms with Gasteiger partial charge in [0.2, 0.25) is 10.0 Å². The van der Waals surface area contributed by atoms with Crippen molar-refractivity contribution in [1.82, 2.24) is 9.29 Å². The van der Waals surface area contributed by atoms with Gasteiger partial charge in [0.1, 0.15) is 16.7 Å². The zero-order valence-corrected chi connectivity index (χ0v) is 12.1. The Balaban J connectivity index is 2.31. The fourth-order valence-electron chi connectivity index (χ4n) is 1.79. The summed E-state index contributed by atoms with van der Waals surface area (Å²) in [5.41, 5.74) is 0.594. The highest BCUT2D eigenvalue weighted by Crippen LogP contribution is 2.19. The number of sulfonamides is 1. The third kappa shape index (κ3) is 3.18. The third-order valence-corrected chi connectivity index (χ3v) is 4.74. The van der Waals surface area contributed by atoms with E-state index in [1.54, 1.807) is 18.2 Å². The van der Waals surface area contributed by atoms with Crippen LogP contribution in [0.4, 0.5) is 0 Å². The summed E-state index contributed by atoms with van der Waals surface area (Å²) in [7, 11) is -2.38. The molecule has 2 rings (SSSR count). The Labute approximate surface area is 123 Å². The molecule has 0 saturated carbocycles. The molecule has 21 heavy (non-hydrogen) atoms. The van der Waals surface area contributed by atoms with Crippen LogP contribution < -0.4 is 0 Å². The largest absolute Gasteiger partial charge is 0.508 e. The molecule has 2 aromatic rings. The molecule has 108 valence electrons. The molecule has 0 amide bonds. The topological polar surface area (TPSA) is 94.3 Å². The minimum absolute atomic E-state index is 0.114. The van der Waals surface area contributed by atoms with Crippen molar-refractivity contribution in [3.8, 4) is 11.8 Å². The molecule has 0 radical (unpaired) electrons. The molecule has 0 unspecified atom stereocenters. The van der Waals surface area contributed by atoms with E-state index in [4.69, 9.17) is 5.26 Å². The normalized spacial score (nSPS) is 11.3. The van der Waals surface area contributed by atoms with Crippen molar-refractivity contribution >= 4 is 10.0 Å². The van der Waals surface area contributed by atoms with Crippen molar-refractivity contribution in [3.05, 3.63) is 53.9 Å². The number of phenols is 1. The number of aromatic nitrogens is 1. The van der Waals surface area contributed by atoms with Crippen LogP contribution in [0.3, 0.4) is 0 Å². The maximum absolute atomic E-state index is 12.5. The summed E-state index contributed by atoms with van der Waals surface area (Å²) in [4.78, 5) is 3.65. The number of rotatable bonds is 4. The smallest absolute Gasteiger partial charge is 0.246 e. The standard InChI is InChI=1S/C14H13N3O3S/c1-17(10-11-4-6-12(18)7-5-11)21(19,20)14-3-2-8-16-13(14)9-15/h2-8,18H,10H2,1H3. The maximum Gasteiger partial charge on any atom is 0.246 e. The average molecular weight is 303 g/mol. The summed E-state index contributed by atoms with van der Waals surface area (Å²) in [6.07, 6.45) is 1.37. The SMILES string of the molecule is CN(Cc1ccc(O)cc1)S(=O)(=O)c1cccnc1C#N. The second-order valence-corrected chi connectivity index (χ2v) is 6.40. The zero-order chi connectivity index (χ0) is 15.5. The van der Waals surface area contributed by atoms with Crippen molar-refractivity contribution < 1.29 is 13.5 Å². The first-order valence-electron chi connectivity index (χ1n) is 6.04. The van der Waals surface area contributed by atoms with Gasteiger partial charge in [-0.3, -0.25) is 0 Å². The van der Waals surface area contributed by atoms with Gasteiger partial charge in [0.25, 0.3) is 0 Å². The van der Waals surface area contributed by atoms with Gasteiger partial charge in [0, 0.05) is 19.8 Å². The van der Waals surface area contributed by atoms with Crippen molar-refractivity contribution in [2.75, 3.05) is 7.05 Å². The number of phenolic OH excluding ortho intramolecular Hbond substituents is 1. The van der Waals surface area contributed by atoms with E-state index in [-0.39, 0.29) is 22.9 Å². The van der Waals surface area contributed by atoms with E-state index < -0.39 is 10.0 Å². The Morgan fingerprint density at radius 3 is 2.57 bits per heavy atom. The summed E-state index contributed by atoms with van der Waals surface area (Å²) in [5.74, 6) is 0.114. The number of benzene rings is 1. The first kappa shape index (κ1) is 15.0. The minimum atomic E-state index is -3.80. The van der Waals surface area contributed by atoms with Crippen LogP contribution in [0.2, 0.25) is 0 Å². The molecule has 0 aliphatic carbocycles. The Kier molecular flexibility index (Phi) is 4.21. The zero-order valence-electron chi connectivity index (χ0n) is 11.3. The van der Waals surface area contributed by atoms with E-state index >= 15 is 0 Å². The van der Waals surface area contributed by atoms with E-state index in [9.17, 15) is 13.5 Å². The number of nitriles is 1. The molecule has 0 aliphatic heterocycles. The monoisotopic (exact) mass is 303 g/mol. The van der Waals surface area contributed by atoms with Crippen LogP contribution in [0.5, 0.6) is 5.75 Å². The van der Waals surface area contributed by atoms with Crippen LogP contribution in [-0.2, 0) is 16.6 Å². The summed E-state index contributed by atoms with van der Waals surface area (Å²) < 4.78 is 26.1. The number of hydrogen-bond donors (Lipinski definition) is 1. The van der Waals surface area contributed by atoms with Crippen molar-refractivity contribution in [2.24, 2.45) is 0 Å². The van der Waals surface area contributed by atoms with Crippen LogP contribution in [0.25, 0.3) is 0 Å². The Hall–Kier alpha value is -2.43. The molecule has 0 saturated heterocycles. The summed E-state index contributed by atoms with van der Waals surface area (Å²) in [5, 5.41) is 18.2. The molecular formula is C14H13N3O3S. The molecule has 1 aromatic carbocycles.